The van der Waals surface area contributed by atoms with Crippen molar-refractivity contribution in [1.82, 2.24) is 5.32 Å². The Bertz CT molecular complexity index is 738. The first kappa shape index (κ1) is 19.5. The second-order valence-electron chi connectivity index (χ2n) is 6.61. The van der Waals surface area contributed by atoms with Gasteiger partial charge in [-0.25, -0.2) is 0 Å². The number of likely N-dealkylation sites (tertiary alicyclic amines) is 1. The normalized spacial score (nSPS) is 18.9. The molecule has 0 bridgehead atoms. The molecule has 27 heavy (non-hydrogen) atoms. The Morgan fingerprint density at radius 1 is 1.22 bits per heavy atom. The Morgan fingerprint density at radius 3 is 2.56 bits per heavy atom. The number of methoxy groups -OCH3 is 3. The van der Waals surface area contributed by atoms with Gasteiger partial charge in [-0.2, -0.15) is 0 Å². The van der Waals surface area contributed by atoms with Crippen molar-refractivity contribution in [3.63, 3.8) is 0 Å². The van der Waals surface area contributed by atoms with Gasteiger partial charge in [0.2, 0.25) is 5.75 Å². The standard InChI is InChI=1S/C20H26N2O4S/c1-24-16-10-14(11-17(25-2)20(16)26-3)12-21-19(23)13-22-8-4-6-15(22)18-7-5-9-27-18/h5,7,9-11,15H,4,6,8,12-13H2,1-3H3,(H,21,23)/p+1/t15-/m0/s1. The molecule has 0 spiro atoms. The molecule has 0 saturated carbocycles. The van der Waals surface area contributed by atoms with E-state index in [9.17, 15) is 4.79 Å². The Balaban J connectivity index is 1.60. The monoisotopic (exact) mass is 391 g/mol. The van der Waals surface area contributed by atoms with Crippen molar-refractivity contribution < 1.29 is 23.9 Å². The number of benzene rings is 1. The van der Waals surface area contributed by atoms with Crippen LogP contribution in [0.5, 0.6) is 17.2 Å². The molecule has 2 heterocycles. The summed E-state index contributed by atoms with van der Waals surface area (Å²) in [5.41, 5.74) is 0.907. The van der Waals surface area contributed by atoms with Gasteiger partial charge in [-0.3, -0.25) is 4.79 Å². The van der Waals surface area contributed by atoms with Gasteiger partial charge in [0.15, 0.2) is 18.0 Å². The number of hydrogen-bond acceptors (Lipinski definition) is 5. The number of thiophene rings is 1. The van der Waals surface area contributed by atoms with E-state index < -0.39 is 0 Å². The van der Waals surface area contributed by atoms with Gasteiger partial charge in [-0.1, -0.05) is 6.07 Å². The van der Waals surface area contributed by atoms with Crippen molar-refractivity contribution in [2.45, 2.75) is 25.4 Å². The maximum absolute atomic E-state index is 12.5. The first-order valence-electron chi connectivity index (χ1n) is 9.09. The third-order valence-corrected chi connectivity index (χ3v) is 5.96. The summed E-state index contributed by atoms with van der Waals surface area (Å²) < 4.78 is 16.1. The van der Waals surface area contributed by atoms with Crippen LogP contribution in [0.2, 0.25) is 0 Å². The van der Waals surface area contributed by atoms with Gasteiger partial charge in [-0.05, 0) is 29.1 Å². The van der Waals surface area contributed by atoms with Crippen LogP contribution in [0, 0.1) is 0 Å². The maximum atomic E-state index is 12.5. The smallest absolute Gasteiger partial charge is 0.275 e. The lowest BCUT2D eigenvalue weighted by molar-refractivity contribution is -0.910. The minimum Gasteiger partial charge on any atom is -0.493 e. The molecule has 2 aromatic rings. The van der Waals surface area contributed by atoms with Crippen LogP contribution in [0.1, 0.15) is 29.3 Å². The van der Waals surface area contributed by atoms with Crippen molar-refractivity contribution in [3.05, 3.63) is 40.1 Å². The van der Waals surface area contributed by atoms with Crippen molar-refractivity contribution in [2.24, 2.45) is 0 Å². The van der Waals surface area contributed by atoms with Gasteiger partial charge in [0, 0.05) is 19.4 Å². The molecule has 1 aliphatic rings. The third-order valence-electron chi connectivity index (χ3n) is 4.97. The first-order chi connectivity index (χ1) is 13.2. The molecule has 1 aromatic heterocycles. The quantitative estimate of drug-likeness (QED) is 0.721. The molecule has 146 valence electrons. The van der Waals surface area contributed by atoms with E-state index in [1.54, 1.807) is 32.7 Å². The van der Waals surface area contributed by atoms with Crippen molar-refractivity contribution in [2.75, 3.05) is 34.4 Å². The topological polar surface area (TPSA) is 61.2 Å². The number of nitrogens with one attached hydrogen (secondary N) is 2. The van der Waals surface area contributed by atoms with Crippen molar-refractivity contribution in [1.29, 1.82) is 0 Å². The third kappa shape index (κ3) is 4.54. The second-order valence-corrected chi connectivity index (χ2v) is 7.58. The summed E-state index contributed by atoms with van der Waals surface area (Å²) in [5, 5.41) is 5.13. The molecule has 1 amide bonds. The number of hydrogen-bond donors (Lipinski definition) is 2. The number of quaternary nitrogens is 1. The van der Waals surface area contributed by atoms with Crippen molar-refractivity contribution >= 4 is 17.2 Å². The van der Waals surface area contributed by atoms with Crippen LogP contribution in [0.3, 0.4) is 0 Å². The molecule has 2 N–H and O–H groups in total. The fourth-order valence-corrected chi connectivity index (χ4v) is 4.58. The van der Waals surface area contributed by atoms with Crippen LogP contribution in [-0.2, 0) is 11.3 Å². The molecular weight excluding hydrogens is 364 g/mol. The van der Waals surface area contributed by atoms with Gasteiger partial charge in [0.25, 0.3) is 5.91 Å². The van der Waals surface area contributed by atoms with E-state index in [1.165, 1.54) is 9.78 Å². The van der Waals surface area contributed by atoms with E-state index in [0.29, 0.717) is 36.4 Å². The molecule has 1 fully saturated rings. The highest BCUT2D eigenvalue weighted by Crippen LogP contribution is 2.38. The largest absolute Gasteiger partial charge is 0.493 e. The van der Waals surface area contributed by atoms with Crippen LogP contribution in [0.25, 0.3) is 0 Å². The average molecular weight is 392 g/mol. The van der Waals surface area contributed by atoms with Crippen molar-refractivity contribution in [3.8, 4) is 17.2 Å². The minimum absolute atomic E-state index is 0.0576. The summed E-state index contributed by atoms with van der Waals surface area (Å²) in [7, 11) is 4.74. The van der Waals surface area contributed by atoms with Crippen LogP contribution in [0.4, 0.5) is 0 Å². The molecule has 1 aliphatic heterocycles. The van der Waals surface area contributed by atoms with Crippen LogP contribution >= 0.6 is 11.3 Å². The lowest BCUT2D eigenvalue weighted by Crippen LogP contribution is -3.11. The van der Waals surface area contributed by atoms with Gasteiger partial charge >= 0.3 is 0 Å². The Kier molecular flexibility index (Phi) is 6.58. The van der Waals surface area contributed by atoms with Crippen LogP contribution in [-0.4, -0.2) is 40.3 Å². The molecule has 1 aromatic carbocycles. The number of rotatable bonds is 8. The summed E-state index contributed by atoms with van der Waals surface area (Å²) in [6.45, 7) is 1.96. The molecule has 7 heteroatoms. The summed E-state index contributed by atoms with van der Waals surface area (Å²) in [4.78, 5) is 15.2. The fraction of sp³-hybridized carbons (Fsp3) is 0.450. The summed E-state index contributed by atoms with van der Waals surface area (Å²) >= 11 is 1.78. The van der Waals surface area contributed by atoms with Crippen LogP contribution in [0.15, 0.2) is 29.6 Å². The summed E-state index contributed by atoms with van der Waals surface area (Å²) in [5.74, 6) is 1.78. The van der Waals surface area contributed by atoms with E-state index in [0.717, 1.165) is 24.9 Å². The van der Waals surface area contributed by atoms with E-state index in [4.69, 9.17) is 14.2 Å². The molecule has 1 unspecified atom stereocenters. The van der Waals surface area contributed by atoms with Gasteiger partial charge < -0.3 is 24.4 Å². The Morgan fingerprint density at radius 2 is 1.96 bits per heavy atom. The molecule has 1 saturated heterocycles. The molecule has 6 nitrogen and oxygen atoms in total. The Hall–Kier alpha value is -2.25. The highest BCUT2D eigenvalue weighted by atomic mass is 32.1. The number of ether oxygens (including phenoxy) is 3. The van der Waals surface area contributed by atoms with E-state index in [1.807, 2.05) is 12.1 Å². The second kappa shape index (κ2) is 9.10. The summed E-state index contributed by atoms with van der Waals surface area (Å²) in [6.07, 6.45) is 2.31. The first-order valence-corrected chi connectivity index (χ1v) is 9.97. The SMILES string of the molecule is COc1cc(CNC(=O)C[NH+]2CCC[C@H]2c2cccs2)cc(OC)c1OC. The Labute approximate surface area is 164 Å². The average Bonchev–Trinajstić information content (AvgIpc) is 3.36. The zero-order valence-corrected chi connectivity index (χ0v) is 16.9. The predicted octanol–water partition coefficient (Wildman–Crippen LogP) is 1.81. The van der Waals surface area contributed by atoms with Gasteiger partial charge in [0.1, 0.15) is 6.04 Å². The van der Waals surface area contributed by atoms with Gasteiger partial charge in [-0.15, -0.1) is 11.3 Å². The highest BCUT2D eigenvalue weighted by molar-refractivity contribution is 7.10. The van der Waals surface area contributed by atoms with Gasteiger partial charge in [0.05, 0.1) is 32.8 Å². The lowest BCUT2D eigenvalue weighted by Gasteiger charge is -2.20. The molecule has 3 rings (SSSR count). The van der Waals surface area contributed by atoms with E-state index in [2.05, 4.69) is 22.8 Å². The number of carbonyl (C=O) groups excluding carboxylic acids is 1. The molecular formula is C20H27N2O4S+. The predicted molar refractivity (Wildman–Crippen MR) is 105 cm³/mol. The lowest BCUT2D eigenvalue weighted by atomic mass is 10.1. The van der Waals surface area contributed by atoms with E-state index >= 15 is 0 Å². The zero-order chi connectivity index (χ0) is 19.2. The number of carbonyl (C=O) groups is 1. The highest BCUT2D eigenvalue weighted by Gasteiger charge is 2.32. The summed E-state index contributed by atoms with van der Waals surface area (Å²) in [6, 6.07) is 8.42. The maximum Gasteiger partial charge on any atom is 0.275 e. The fourth-order valence-electron chi connectivity index (χ4n) is 3.66. The van der Waals surface area contributed by atoms with E-state index in [-0.39, 0.29) is 5.91 Å². The molecule has 2 atom stereocenters. The molecule has 0 aliphatic carbocycles. The van der Waals surface area contributed by atoms with Crippen LogP contribution < -0.4 is 24.4 Å². The molecule has 0 radical (unpaired) electrons. The zero-order valence-electron chi connectivity index (χ0n) is 16.0. The minimum atomic E-state index is 0.0576. The number of amides is 1.